The summed E-state index contributed by atoms with van der Waals surface area (Å²) in [6.45, 7) is 8.67. The average Bonchev–Trinajstić information content (AvgIpc) is 2.46. The van der Waals surface area contributed by atoms with Crippen LogP contribution in [0.4, 0.5) is 0 Å². The van der Waals surface area contributed by atoms with Gasteiger partial charge in [-0.1, -0.05) is 49.4 Å². The van der Waals surface area contributed by atoms with E-state index in [4.69, 9.17) is 4.84 Å². The van der Waals surface area contributed by atoms with E-state index in [2.05, 4.69) is 49.1 Å². The number of hydrogen-bond acceptors (Lipinski definition) is 4. The van der Waals surface area contributed by atoms with Gasteiger partial charge in [0, 0.05) is 19.9 Å². The fourth-order valence-electron chi connectivity index (χ4n) is 2.93. The zero-order valence-electron chi connectivity index (χ0n) is 13.8. The summed E-state index contributed by atoms with van der Waals surface area (Å²) in [6, 6.07) is 10.5. The molecule has 0 spiro atoms. The SMILES string of the molecule is CC(=O)O/N=C1\CCC[C@H]([Si](C)(C)C)[C@@H]1Sc1ccccc1. The van der Waals surface area contributed by atoms with E-state index >= 15 is 0 Å². The molecule has 0 bridgehead atoms. The molecule has 0 N–H and O–H groups in total. The molecule has 22 heavy (non-hydrogen) atoms. The van der Waals surface area contributed by atoms with Crippen molar-refractivity contribution in [2.75, 3.05) is 0 Å². The van der Waals surface area contributed by atoms with E-state index in [-0.39, 0.29) is 5.97 Å². The fourth-order valence-corrected chi connectivity index (χ4v) is 7.74. The molecule has 0 aromatic heterocycles. The Labute approximate surface area is 138 Å². The van der Waals surface area contributed by atoms with Crippen LogP contribution in [0.25, 0.3) is 0 Å². The molecule has 0 heterocycles. The van der Waals surface area contributed by atoms with Crippen molar-refractivity contribution in [2.24, 2.45) is 5.16 Å². The van der Waals surface area contributed by atoms with Gasteiger partial charge in [-0.05, 0) is 30.5 Å². The second kappa shape index (κ2) is 7.46. The molecule has 0 saturated heterocycles. The monoisotopic (exact) mass is 335 g/mol. The quantitative estimate of drug-likeness (QED) is 0.443. The van der Waals surface area contributed by atoms with Gasteiger partial charge >= 0.3 is 5.97 Å². The molecular weight excluding hydrogens is 310 g/mol. The van der Waals surface area contributed by atoms with Gasteiger partial charge in [-0.2, -0.15) is 0 Å². The van der Waals surface area contributed by atoms with Crippen LogP contribution in [0.3, 0.4) is 0 Å². The van der Waals surface area contributed by atoms with Gasteiger partial charge in [-0.15, -0.1) is 11.8 Å². The minimum atomic E-state index is -1.31. The summed E-state index contributed by atoms with van der Waals surface area (Å²) in [5, 5.41) is 4.51. The lowest BCUT2D eigenvalue weighted by molar-refractivity contribution is -0.141. The summed E-state index contributed by atoms with van der Waals surface area (Å²) in [4.78, 5) is 17.3. The molecular formula is C17H25NO2SSi. The highest BCUT2D eigenvalue weighted by Crippen LogP contribution is 2.44. The van der Waals surface area contributed by atoms with E-state index in [9.17, 15) is 4.79 Å². The van der Waals surface area contributed by atoms with Crippen LogP contribution in [0, 0.1) is 0 Å². The summed E-state index contributed by atoms with van der Waals surface area (Å²) >= 11 is 1.87. The lowest BCUT2D eigenvalue weighted by Crippen LogP contribution is -2.41. The van der Waals surface area contributed by atoms with Crippen molar-refractivity contribution >= 4 is 31.5 Å². The number of hydrogen-bond donors (Lipinski definition) is 0. The number of benzene rings is 1. The standard InChI is InChI=1S/C17H25NO2SSi/c1-13(19)20-18-15-11-8-12-16(22(2,3)4)17(15)21-14-9-6-5-7-10-14/h5-7,9-10,16-17H,8,11-12H2,1-4H3/b18-15+/t16-,17+/m0/s1. The Kier molecular flexibility index (Phi) is 5.86. The lowest BCUT2D eigenvalue weighted by Gasteiger charge is -2.39. The van der Waals surface area contributed by atoms with Crippen LogP contribution in [0.1, 0.15) is 26.2 Å². The molecule has 0 amide bonds. The molecule has 1 aromatic rings. The Hall–Kier alpha value is -1.07. The van der Waals surface area contributed by atoms with E-state index in [1.165, 1.54) is 18.2 Å². The summed E-state index contributed by atoms with van der Waals surface area (Å²) in [6.07, 6.45) is 3.32. The molecule has 1 aliphatic carbocycles. The topological polar surface area (TPSA) is 38.7 Å². The molecule has 2 atom stereocenters. The van der Waals surface area contributed by atoms with Gasteiger partial charge < -0.3 is 4.84 Å². The van der Waals surface area contributed by atoms with Gasteiger partial charge in [0.2, 0.25) is 0 Å². The van der Waals surface area contributed by atoms with E-state index in [1.54, 1.807) is 0 Å². The first kappa shape index (κ1) is 17.3. The molecule has 1 saturated carbocycles. The zero-order chi connectivity index (χ0) is 16.2. The Morgan fingerprint density at radius 1 is 1.27 bits per heavy atom. The number of oxime groups is 1. The molecule has 1 aliphatic rings. The lowest BCUT2D eigenvalue weighted by atomic mass is 9.97. The van der Waals surface area contributed by atoms with Gasteiger partial charge in [0.1, 0.15) is 0 Å². The highest BCUT2D eigenvalue weighted by atomic mass is 32.2. The number of nitrogens with zero attached hydrogens (tertiary/aromatic N) is 1. The van der Waals surface area contributed by atoms with Crippen molar-refractivity contribution in [1.29, 1.82) is 0 Å². The van der Waals surface area contributed by atoms with Crippen molar-refractivity contribution in [2.45, 2.75) is 61.5 Å². The first-order chi connectivity index (χ1) is 10.4. The third-order valence-corrected chi connectivity index (χ3v) is 8.54. The predicted octanol–water partition coefficient (Wildman–Crippen LogP) is 4.96. The maximum Gasteiger partial charge on any atom is 0.331 e. The van der Waals surface area contributed by atoms with Crippen LogP contribution in [0.15, 0.2) is 40.4 Å². The first-order valence-corrected chi connectivity index (χ1v) is 12.3. The smallest absolute Gasteiger partial charge is 0.319 e. The minimum Gasteiger partial charge on any atom is -0.319 e. The van der Waals surface area contributed by atoms with Crippen molar-refractivity contribution in [3.63, 3.8) is 0 Å². The van der Waals surface area contributed by atoms with Gasteiger partial charge in [0.05, 0.1) is 11.0 Å². The zero-order valence-corrected chi connectivity index (χ0v) is 15.7. The molecule has 1 aromatic carbocycles. The predicted molar refractivity (Wildman–Crippen MR) is 96.2 cm³/mol. The van der Waals surface area contributed by atoms with Crippen LogP contribution >= 0.6 is 11.8 Å². The normalized spacial score (nSPS) is 24.3. The average molecular weight is 336 g/mol. The Balaban J connectivity index is 2.27. The van der Waals surface area contributed by atoms with Crippen LogP contribution in [-0.2, 0) is 9.63 Å². The second-order valence-electron chi connectivity index (χ2n) is 6.88. The highest BCUT2D eigenvalue weighted by Gasteiger charge is 2.39. The molecule has 5 heteroatoms. The molecule has 120 valence electrons. The van der Waals surface area contributed by atoms with E-state index in [0.717, 1.165) is 18.6 Å². The summed E-state index contributed by atoms with van der Waals surface area (Å²) in [5.41, 5.74) is 1.70. The van der Waals surface area contributed by atoms with Crippen molar-refractivity contribution in [3.8, 4) is 0 Å². The first-order valence-electron chi connectivity index (χ1n) is 7.84. The van der Waals surface area contributed by atoms with Crippen molar-refractivity contribution in [3.05, 3.63) is 30.3 Å². The maximum atomic E-state index is 11.1. The van der Waals surface area contributed by atoms with Gasteiger partial charge in [0.15, 0.2) is 0 Å². The molecule has 0 aliphatic heterocycles. The number of carbonyl (C=O) groups excluding carboxylic acids is 1. The largest absolute Gasteiger partial charge is 0.331 e. The van der Waals surface area contributed by atoms with Gasteiger partial charge in [-0.25, -0.2) is 4.79 Å². The third-order valence-electron chi connectivity index (χ3n) is 4.05. The number of thioether (sulfide) groups is 1. The second-order valence-corrected chi connectivity index (χ2v) is 13.6. The fraction of sp³-hybridized carbons (Fsp3) is 0.529. The van der Waals surface area contributed by atoms with Crippen LogP contribution < -0.4 is 0 Å². The third kappa shape index (κ3) is 4.71. The Morgan fingerprint density at radius 3 is 2.55 bits per heavy atom. The van der Waals surface area contributed by atoms with Gasteiger partial charge in [0.25, 0.3) is 0 Å². The summed E-state index contributed by atoms with van der Waals surface area (Å²) in [5.74, 6) is -0.342. The number of carbonyl (C=O) groups is 1. The molecule has 1 fully saturated rings. The molecule has 0 unspecified atom stereocenters. The number of rotatable bonds is 4. The Morgan fingerprint density at radius 2 is 1.95 bits per heavy atom. The maximum absolute atomic E-state index is 11.1. The van der Waals surface area contributed by atoms with E-state index < -0.39 is 8.07 Å². The summed E-state index contributed by atoms with van der Waals surface area (Å²) in [7, 11) is -1.31. The molecule has 0 radical (unpaired) electrons. The molecule has 2 rings (SSSR count). The van der Waals surface area contributed by atoms with Gasteiger partial charge in [-0.3, -0.25) is 0 Å². The van der Waals surface area contributed by atoms with Crippen molar-refractivity contribution in [1.82, 2.24) is 0 Å². The molecule has 3 nitrogen and oxygen atoms in total. The highest BCUT2D eigenvalue weighted by molar-refractivity contribution is 8.00. The Bertz CT molecular complexity index is 539. The van der Waals surface area contributed by atoms with Crippen LogP contribution in [0.5, 0.6) is 0 Å². The van der Waals surface area contributed by atoms with Crippen molar-refractivity contribution < 1.29 is 9.63 Å². The van der Waals surface area contributed by atoms with E-state index in [1.807, 2.05) is 17.8 Å². The minimum absolute atomic E-state index is 0.321. The van der Waals surface area contributed by atoms with Crippen LogP contribution in [0.2, 0.25) is 25.2 Å². The summed E-state index contributed by atoms with van der Waals surface area (Å²) < 4.78 is 0. The van der Waals surface area contributed by atoms with Crippen LogP contribution in [-0.4, -0.2) is 25.0 Å². The van der Waals surface area contributed by atoms with E-state index in [0.29, 0.717) is 10.8 Å².